The lowest BCUT2D eigenvalue weighted by Gasteiger charge is -2.37. The fourth-order valence-electron chi connectivity index (χ4n) is 2.20. The van der Waals surface area contributed by atoms with Crippen molar-refractivity contribution in [1.82, 2.24) is 0 Å². The first kappa shape index (κ1) is 9.69. The molecule has 0 heterocycles. The SMILES string of the molecule is OC1CCCC[C@]1(O)c1ccccc1. The van der Waals surface area contributed by atoms with E-state index in [1.165, 1.54) is 0 Å². The molecule has 0 bridgehead atoms. The molecule has 1 fully saturated rings. The summed E-state index contributed by atoms with van der Waals surface area (Å²) in [6.07, 6.45) is 2.75. The molecule has 14 heavy (non-hydrogen) atoms. The molecule has 2 atom stereocenters. The largest absolute Gasteiger partial charge is 0.390 e. The van der Waals surface area contributed by atoms with Crippen molar-refractivity contribution in [3.63, 3.8) is 0 Å². The third kappa shape index (κ3) is 1.56. The van der Waals surface area contributed by atoms with Gasteiger partial charge >= 0.3 is 0 Å². The van der Waals surface area contributed by atoms with Gasteiger partial charge in [-0.25, -0.2) is 0 Å². The molecule has 2 rings (SSSR count). The highest BCUT2D eigenvalue weighted by Gasteiger charge is 2.38. The predicted molar refractivity (Wildman–Crippen MR) is 54.8 cm³/mol. The lowest BCUT2D eigenvalue weighted by atomic mass is 9.77. The zero-order chi connectivity index (χ0) is 10.0. The van der Waals surface area contributed by atoms with Crippen LogP contribution in [0.25, 0.3) is 0 Å². The minimum absolute atomic E-state index is 0.612. The third-order valence-electron chi connectivity index (χ3n) is 3.11. The summed E-state index contributed by atoms with van der Waals surface area (Å²) < 4.78 is 0. The number of aliphatic hydroxyl groups excluding tert-OH is 1. The highest BCUT2D eigenvalue weighted by atomic mass is 16.3. The molecule has 1 aromatic rings. The lowest BCUT2D eigenvalue weighted by molar-refractivity contribution is -0.106. The number of aliphatic hydroxyl groups is 2. The van der Waals surface area contributed by atoms with Crippen LogP contribution in [0.5, 0.6) is 0 Å². The molecule has 2 N–H and O–H groups in total. The summed E-state index contributed by atoms with van der Waals surface area (Å²) >= 11 is 0. The Balaban J connectivity index is 2.30. The molecule has 1 aliphatic rings. The second-order valence-electron chi connectivity index (χ2n) is 4.05. The Labute approximate surface area is 84.2 Å². The average molecular weight is 192 g/mol. The van der Waals surface area contributed by atoms with E-state index in [1.54, 1.807) is 0 Å². The van der Waals surface area contributed by atoms with Crippen LogP contribution in [0.3, 0.4) is 0 Å². The van der Waals surface area contributed by atoms with Crippen LogP contribution < -0.4 is 0 Å². The van der Waals surface area contributed by atoms with Gasteiger partial charge in [-0.05, 0) is 18.4 Å². The summed E-state index contributed by atoms with van der Waals surface area (Å²) in [4.78, 5) is 0. The highest BCUT2D eigenvalue weighted by molar-refractivity contribution is 5.24. The molecule has 2 heteroatoms. The fraction of sp³-hybridized carbons (Fsp3) is 0.500. The van der Waals surface area contributed by atoms with Crippen LogP contribution in [0.1, 0.15) is 31.2 Å². The lowest BCUT2D eigenvalue weighted by Crippen LogP contribution is -2.41. The van der Waals surface area contributed by atoms with Gasteiger partial charge < -0.3 is 10.2 Å². The molecular weight excluding hydrogens is 176 g/mol. The van der Waals surface area contributed by atoms with Crippen LogP contribution in [0.15, 0.2) is 30.3 Å². The van der Waals surface area contributed by atoms with Gasteiger partial charge in [-0.3, -0.25) is 0 Å². The van der Waals surface area contributed by atoms with E-state index in [0.29, 0.717) is 12.8 Å². The first-order chi connectivity index (χ1) is 6.73. The maximum Gasteiger partial charge on any atom is 0.115 e. The summed E-state index contributed by atoms with van der Waals surface area (Å²) in [5.74, 6) is 0. The van der Waals surface area contributed by atoms with Gasteiger partial charge in [0.25, 0.3) is 0 Å². The zero-order valence-corrected chi connectivity index (χ0v) is 8.19. The monoisotopic (exact) mass is 192 g/mol. The van der Waals surface area contributed by atoms with Gasteiger partial charge in [0.1, 0.15) is 5.60 Å². The maximum absolute atomic E-state index is 10.4. The van der Waals surface area contributed by atoms with Gasteiger partial charge in [0.05, 0.1) is 6.10 Å². The Bertz CT molecular complexity index is 296. The van der Waals surface area contributed by atoms with Gasteiger partial charge in [0, 0.05) is 0 Å². The number of hydrogen-bond acceptors (Lipinski definition) is 2. The minimum Gasteiger partial charge on any atom is -0.390 e. The van der Waals surface area contributed by atoms with Gasteiger partial charge in [-0.1, -0.05) is 43.2 Å². The van der Waals surface area contributed by atoms with E-state index in [0.717, 1.165) is 18.4 Å². The van der Waals surface area contributed by atoms with Crippen LogP contribution in [-0.4, -0.2) is 16.3 Å². The van der Waals surface area contributed by atoms with Crippen molar-refractivity contribution in [1.29, 1.82) is 0 Å². The first-order valence-corrected chi connectivity index (χ1v) is 5.19. The molecule has 1 aromatic carbocycles. The third-order valence-corrected chi connectivity index (χ3v) is 3.11. The van der Waals surface area contributed by atoms with E-state index in [-0.39, 0.29) is 0 Å². The molecule has 0 aromatic heterocycles. The fourth-order valence-corrected chi connectivity index (χ4v) is 2.20. The quantitative estimate of drug-likeness (QED) is 0.712. The zero-order valence-electron chi connectivity index (χ0n) is 8.19. The Morgan fingerprint density at radius 2 is 1.86 bits per heavy atom. The molecule has 1 saturated carbocycles. The molecule has 1 unspecified atom stereocenters. The highest BCUT2D eigenvalue weighted by Crippen LogP contribution is 2.36. The maximum atomic E-state index is 10.4. The predicted octanol–water partition coefficient (Wildman–Crippen LogP) is 1.81. The van der Waals surface area contributed by atoms with Crippen LogP contribution >= 0.6 is 0 Å². The van der Waals surface area contributed by atoms with E-state index in [4.69, 9.17) is 0 Å². The van der Waals surface area contributed by atoms with E-state index in [1.807, 2.05) is 30.3 Å². The standard InChI is InChI=1S/C12H16O2/c13-11-8-4-5-9-12(11,14)10-6-2-1-3-7-10/h1-3,6-7,11,13-14H,4-5,8-9H2/t11?,12-/m0/s1. The Morgan fingerprint density at radius 3 is 2.50 bits per heavy atom. The summed E-state index contributed by atoms with van der Waals surface area (Å²) in [5, 5.41) is 20.2. The Morgan fingerprint density at radius 1 is 1.14 bits per heavy atom. The molecule has 0 aliphatic heterocycles. The first-order valence-electron chi connectivity index (χ1n) is 5.19. The molecule has 1 aliphatic carbocycles. The van der Waals surface area contributed by atoms with E-state index < -0.39 is 11.7 Å². The number of rotatable bonds is 1. The smallest absolute Gasteiger partial charge is 0.115 e. The number of hydrogen-bond donors (Lipinski definition) is 2. The summed E-state index contributed by atoms with van der Waals surface area (Å²) in [6.45, 7) is 0. The molecular formula is C12H16O2. The normalized spacial score (nSPS) is 32.9. The number of benzene rings is 1. The second kappa shape index (κ2) is 3.71. The van der Waals surface area contributed by atoms with Crippen molar-refractivity contribution >= 4 is 0 Å². The van der Waals surface area contributed by atoms with Gasteiger partial charge in [0.2, 0.25) is 0 Å². The van der Waals surface area contributed by atoms with Crippen LogP contribution in [-0.2, 0) is 5.60 Å². The van der Waals surface area contributed by atoms with Gasteiger partial charge in [-0.15, -0.1) is 0 Å². The Hall–Kier alpha value is -0.860. The van der Waals surface area contributed by atoms with Crippen molar-refractivity contribution in [3.8, 4) is 0 Å². The molecule has 0 spiro atoms. The van der Waals surface area contributed by atoms with E-state index in [9.17, 15) is 10.2 Å². The van der Waals surface area contributed by atoms with E-state index in [2.05, 4.69) is 0 Å². The molecule has 0 saturated heterocycles. The molecule has 0 radical (unpaired) electrons. The second-order valence-corrected chi connectivity index (χ2v) is 4.05. The van der Waals surface area contributed by atoms with Crippen molar-refractivity contribution in [2.24, 2.45) is 0 Å². The van der Waals surface area contributed by atoms with Crippen molar-refractivity contribution < 1.29 is 10.2 Å². The topological polar surface area (TPSA) is 40.5 Å². The Kier molecular flexibility index (Phi) is 2.57. The van der Waals surface area contributed by atoms with Crippen LogP contribution in [0.4, 0.5) is 0 Å². The van der Waals surface area contributed by atoms with Crippen LogP contribution in [0.2, 0.25) is 0 Å². The molecule has 2 nitrogen and oxygen atoms in total. The molecule has 0 amide bonds. The van der Waals surface area contributed by atoms with Gasteiger partial charge in [0.15, 0.2) is 0 Å². The summed E-state index contributed by atoms with van der Waals surface area (Å²) in [5.41, 5.74) is -0.174. The average Bonchev–Trinajstić information content (AvgIpc) is 2.24. The van der Waals surface area contributed by atoms with Crippen molar-refractivity contribution in [3.05, 3.63) is 35.9 Å². The minimum atomic E-state index is -1.01. The summed E-state index contributed by atoms with van der Waals surface area (Å²) in [6, 6.07) is 9.48. The van der Waals surface area contributed by atoms with E-state index >= 15 is 0 Å². The summed E-state index contributed by atoms with van der Waals surface area (Å²) in [7, 11) is 0. The van der Waals surface area contributed by atoms with Crippen molar-refractivity contribution in [2.45, 2.75) is 37.4 Å². The van der Waals surface area contributed by atoms with Crippen LogP contribution in [0, 0.1) is 0 Å². The van der Waals surface area contributed by atoms with Crippen molar-refractivity contribution in [2.75, 3.05) is 0 Å². The van der Waals surface area contributed by atoms with Gasteiger partial charge in [-0.2, -0.15) is 0 Å². The molecule has 76 valence electrons.